The van der Waals surface area contributed by atoms with E-state index < -0.39 is 11.6 Å². The fourth-order valence-electron chi connectivity index (χ4n) is 3.62. The van der Waals surface area contributed by atoms with Crippen molar-refractivity contribution in [1.82, 2.24) is 5.32 Å². The van der Waals surface area contributed by atoms with E-state index in [-0.39, 0.29) is 12.5 Å². The van der Waals surface area contributed by atoms with Gasteiger partial charge in [-0.15, -0.1) is 0 Å². The van der Waals surface area contributed by atoms with E-state index in [1.165, 1.54) is 0 Å². The highest BCUT2D eigenvalue weighted by Gasteiger charge is 2.50. The van der Waals surface area contributed by atoms with E-state index in [1.54, 1.807) is 7.11 Å². The van der Waals surface area contributed by atoms with E-state index in [2.05, 4.69) is 5.32 Å². The predicted molar refractivity (Wildman–Crippen MR) is 123 cm³/mol. The molecule has 32 heavy (non-hydrogen) atoms. The lowest BCUT2D eigenvalue weighted by molar-refractivity contribution is -0.128. The minimum atomic E-state index is -1.06. The van der Waals surface area contributed by atoms with Gasteiger partial charge in [0, 0.05) is 45.3 Å². The molecule has 0 aliphatic carbocycles. The maximum absolute atomic E-state index is 13.3. The highest BCUT2D eigenvalue weighted by molar-refractivity contribution is 6.00. The molecule has 0 radical (unpaired) electrons. The second-order valence-electron chi connectivity index (χ2n) is 7.82. The van der Waals surface area contributed by atoms with Crippen molar-refractivity contribution in [3.63, 3.8) is 0 Å². The summed E-state index contributed by atoms with van der Waals surface area (Å²) in [5, 5.41) is 11.9. The van der Waals surface area contributed by atoms with Gasteiger partial charge >= 0.3 is 0 Å². The number of aliphatic imine (C=N–C) groups is 1. The fraction of sp³-hybridized carbons (Fsp3) is 0.440. The van der Waals surface area contributed by atoms with Crippen LogP contribution in [0.15, 0.2) is 59.6 Å². The van der Waals surface area contributed by atoms with Crippen LogP contribution in [0.3, 0.4) is 0 Å². The number of nitrogens with one attached hydrogen (secondary N) is 1. The number of ether oxygens (including phenoxy) is 3. The maximum Gasteiger partial charge on any atom is 0.252 e. The van der Waals surface area contributed by atoms with Crippen LogP contribution in [0.1, 0.15) is 30.9 Å². The van der Waals surface area contributed by atoms with E-state index in [0.29, 0.717) is 44.2 Å². The summed E-state index contributed by atoms with van der Waals surface area (Å²) in [6.45, 7) is 3.53. The molecule has 2 atom stereocenters. The van der Waals surface area contributed by atoms with Crippen molar-refractivity contribution in [3.8, 4) is 5.75 Å². The molecule has 0 aromatic heterocycles. The van der Waals surface area contributed by atoms with Crippen molar-refractivity contribution in [2.45, 2.75) is 37.8 Å². The van der Waals surface area contributed by atoms with Crippen LogP contribution in [0, 0.1) is 0 Å². The van der Waals surface area contributed by atoms with Crippen LogP contribution in [0.25, 0.3) is 0 Å². The summed E-state index contributed by atoms with van der Waals surface area (Å²) in [5.74, 6) is 1.01. The summed E-state index contributed by atoms with van der Waals surface area (Å²) < 4.78 is 16.8. The van der Waals surface area contributed by atoms with Gasteiger partial charge in [0.05, 0.1) is 6.61 Å². The Kier molecular flexibility index (Phi) is 8.64. The molecule has 7 heteroatoms. The number of hydrogen-bond donors (Lipinski definition) is 2. The topological polar surface area (TPSA) is 89.4 Å². The third-order valence-electron chi connectivity index (χ3n) is 5.45. The van der Waals surface area contributed by atoms with Crippen molar-refractivity contribution in [2.24, 2.45) is 4.99 Å². The Morgan fingerprint density at radius 3 is 2.56 bits per heavy atom. The zero-order valence-electron chi connectivity index (χ0n) is 18.8. The third kappa shape index (κ3) is 5.87. The monoisotopic (exact) mass is 440 g/mol. The Hall–Kier alpha value is -2.90. The lowest BCUT2D eigenvalue weighted by Gasteiger charge is -2.28. The van der Waals surface area contributed by atoms with Gasteiger partial charge in [-0.2, -0.15) is 0 Å². The van der Waals surface area contributed by atoms with Crippen LogP contribution < -0.4 is 10.1 Å². The Balaban J connectivity index is 1.82. The molecule has 1 heterocycles. The predicted octanol–water partition coefficient (Wildman–Crippen LogP) is 2.75. The first-order chi connectivity index (χ1) is 15.6. The van der Waals surface area contributed by atoms with Crippen LogP contribution in [-0.4, -0.2) is 62.0 Å². The summed E-state index contributed by atoms with van der Waals surface area (Å²) in [5.41, 5.74) is 0.751. The van der Waals surface area contributed by atoms with Crippen molar-refractivity contribution in [3.05, 3.63) is 65.7 Å². The molecule has 0 saturated heterocycles. The molecule has 3 rings (SSSR count). The van der Waals surface area contributed by atoms with Crippen molar-refractivity contribution >= 4 is 11.8 Å². The minimum Gasteiger partial charge on any atom is -0.494 e. The molecule has 172 valence electrons. The molecule has 0 unspecified atom stereocenters. The number of methoxy groups -OCH3 is 1. The van der Waals surface area contributed by atoms with Crippen LogP contribution in [0.5, 0.6) is 5.75 Å². The Labute approximate surface area is 189 Å². The number of nitrogens with zero attached hydrogens (tertiary/aromatic N) is 1. The summed E-state index contributed by atoms with van der Waals surface area (Å²) in [7, 11) is 1.64. The molecular formula is C25H32N2O5. The first kappa shape index (κ1) is 23.8. The second kappa shape index (κ2) is 11.6. The van der Waals surface area contributed by atoms with Gasteiger partial charge in [0.15, 0.2) is 5.54 Å². The average molecular weight is 441 g/mol. The summed E-state index contributed by atoms with van der Waals surface area (Å²) in [6, 6.07) is 17.3. The molecule has 0 fully saturated rings. The number of hydrogen-bond acceptors (Lipinski definition) is 6. The lowest BCUT2D eigenvalue weighted by atomic mass is 9.86. The number of aliphatic hydroxyl groups excluding tert-OH is 1. The van der Waals surface area contributed by atoms with Gasteiger partial charge in [-0.3, -0.25) is 4.79 Å². The van der Waals surface area contributed by atoms with Crippen molar-refractivity contribution < 1.29 is 24.1 Å². The number of carbonyl (C=O) groups is 1. The Morgan fingerprint density at radius 2 is 1.88 bits per heavy atom. The van der Waals surface area contributed by atoms with Gasteiger partial charge in [0.2, 0.25) is 5.90 Å². The highest BCUT2D eigenvalue weighted by atomic mass is 16.5. The van der Waals surface area contributed by atoms with E-state index in [1.807, 2.05) is 61.5 Å². The summed E-state index contributed by atoms with van der Waals surface area (Å²) in [6.07, 6.45) is 1.32. The number of aliphatic hydroxyl groups is 1. The molecule has 2 aromatic carbocycles. The zero-order valence-corrected chi connectivity index (χ0v) is 18.8. The fourth-order valence-corrected chi connectivity index (χ4v) is 3.62. The quantitative estimate of drug-likeness (QED) is 0.496. The van der Waals surface area contributed by atoms with Gasteiger partial charge in [-0.05, 0) is 43.2 Å². The number of rotatable bonds is 12. The van der Waals surface area contributed by atoms with Gasteiger partial charge in [-0.1, -0.05) is 30.3 Å². The lowest BCUT2D eigenvalue weighted by Crippen LogP contribution is -2.52. The molecule has 0 saturated carbocycles. The summed E-state index contributed by atoms with van der Waals surface area (Å²) >= 11 is 0. The van der Waals surface area contributed by atoms with E-state index >= 15 is 0 Å². The average Bonchev–Trinajstić information content (AvgIpc) is 3.15. The van der Waals surface area contributed by atoms with E-state index in [4.69, 9.17) is 24.3 Å². The highest BCUT2D eigenvalue weighted by Crippen LogP contribution is 2.32. The van der Waals surface area contributed by atoms with Crippen LogP contribution in [-0.2, 0) is 20.7 Å². The Bertz CT molecular complexity index is 885. The Morgan fingerprint density at radius 1 is 1.12 bits per heavy atom. The first-order valence-corrected chi connectivity index (χ1v) is 11.0. The van der Waals surface area contributed by atoms with Crippen molar-refractivity contribution in [1.29, 1.82) is 0 Å². The maximum atomic E-state index is 13.3. The molecule has 2 aromatic rings. The van der Waals surface area contributed by atoms with Crippen LogP contribution in [0.2, 0.25) is 0 Å². The van der Waals surface area contributed by atoms with Gasteiger partial charge in [0.25, 0.3) is 5.91 Å². The van der Waals surface area contributed by atoms with E-state index in [0.717, 1.165) is 17.5 Å². The van der Waals surface area contributed by atoms with Crippen molar-refractivity contribution in [2.75, 3.05) is 33.5 Å². The second-order valence-corrected chi connectivity index (χ2v) is 7.82. The van der Waals surface area contributed by atoms with Crippen LogP contribution in [0.4, 0.5) is 0 Å². The normalized spacial score (nSPS) is 19.8. The largest absolute Gasteiger partial charge is 0.494 e. The minimum absolute atomic E-state index is 0.0949. The number of amides is 1. The smallest absolute Gasteiger partial charge is 0.252 e. The molecule has 1 amide bonds. The van der Waals surface area contributed by atoms with Crippen LogP contribution >= 0.6 is 0 Å². The third-order valence-corrected chi connectivity index (χ3v) is 5.45. The molecule has 1 aliphatic rings. The van der Waals surface area contributed by atoms with Gasteiger partial charge in [-0.25, -0.2) is 4.99 Å². The molecular weight excluding hydrogens is 408 g/mol. The number of carbonyl (C=O) groups excluding carboxylic acids is 1. The zero-order chi connectivity index (χ0) is 22.8. The summed E-state index contributed by atoms with van der Waals surface area (Å²) in [4.78, 5) is 18.2. The molecule has 2 N–H and O–H groups in total. The standard InChI is InChI=1S/C25H32N2O5/c1-19-25(18-20-8-4-3-5-9-20,24(29)26-14-6-16-30-2)27-23(32-19)21-10-12-22(13-11-21)31-17-7-15-28/h3-5,8-13,19,28H,6-7,14-18H2,1-2H3,(H,26,29)/t19-,25-/m1/s1. The van der Waals surface area contributed by atoms with Gasteiger partial charge in [0.1, 0.15) is 11.9 Å². The van der Waals surface area contributed by atoms with Gasteiger partial charge < -0.3 is 24.6 Å². The molecule has 0 bridgehead atoms. The molecule has 1 aliphatic heterocycles. The first-order valence-electron chi connectivity index (χ1n) is 11.0. The van der Waals surface area contributed by atoms with E-state index in [9.17, 15) is 4.79 Å². The SMILES string of the molecule is COCCCNC(=O)[C@]1(Cc2ccccc2)N=C(c2ccc(OCCCO)cc2)O[C@@H]1C. The number of benzene rings is 2. The molecule has 7 nitrogen and oxygen atoms in total. The molecule has 0 spiro atoms.